The van der Waals surface area contributed by atoms with E-state index in [1.165, 1.54) is 0 Å². The lowest BCUT2D eigenvalue weighted by atomic mass is 10.2. The number of nitrogens with zero attached hydrogens (tertiary/aromatic N) is 2. The number of anilines is 1. The molecule has 1 aromatic heterocycles. The molecule has 1 amide bonds. The minimum atomic E-state index is -0.539. The van der Waals surface area contributed by atoms with Crippen LogP contribution in [-0.2, 0) is 11.3 Å². The molecule has 0 radical (unpaired) electrons. The molecular formula is C15H16N4O2. The van der Waals surface area contributed by atoms with E-state index < -0.39 is 6.10 Å². The topological polar surface area (TPSA) is 76.1 Å². The summed E-state index contributed by atoms with van der Waals surface area (Å²) in [5.41, 5.74) is 1.69. The molecule has 0 saturated heterocycles. The zero-order chi connectivity index (χ0) is 14.7. The standard InChI is InChI=1S/C15H16N4O2/c1-10-16-7-6-11(19-10)8-18-15(20)14-9-17-12-4-2-3-5-13(12)21-14/h2-7,14,17H,8-9H2,1H3,(H,18,20). The molecule has 108 valence electrons. The molecule has 6 nitrogen and oxygen atoms in total. The maximum absolute atomic E-state index is 12.1. The van der Waals surface area contributed by atoms with E-state index in [0.29, 0.717) is 24.7 Å². The number of hydrogen-bond donors (Lipinski definition) is 2. The first kappa shape index (κ1) is 13.4. The van der Waals surface area contributed by atoms with Gasteiger partial charge in [-0.1, -0.05) is 12.1 Å². The number of carbonyl (C=O) groups excluding carboxylic acids is 1. The highest BCUT2D eigenvalue weighted by Gasteiger charge is 2.25. The summed E-state index contributed by atoms with van der Waals surface area (Å²) in [5, 5.41) is 6.02. The van der Waals surface area contributed by atoms with Crippen LogP contribution in [0.25, 0.3) is 0 Å². The first-order valence-electron chi connectivity index (χ1n) is 6.78. The molecule has 0 bridgehead atoms. The highest BCUT2D eigenvalue weighted by atomic mass is 16.5. The fourth-order valence-corrected chi connectivity index (χ4v) is 2.15. The van der Waals surface area contributed by atoms with E-state index >= 15 is 0 Å². The Morgan fingerprint density at radius 2 is 2.29 bits per heavy atom. The van der Waals surface area contributed by atoms with Crippen LogP contribution in [-0.4, -0.2) is 28.5 Å². The minimum absolute atomic E-state index is 0.159. The van der Waals surface area contributed by atoms with E-state index in [0.717, 1.165) is 11.4 Å². The van der Waals surface area contributed by atoms with Crippen molar-refractivity contribution >= 4 is 11.6 Å². The lowest BCUT2D eigenvalue weighted by molar-refractivity contribution is -0.127. The van der Waals surface area contributed by atoms with Crippen molar-refractivity contribution in [2.75, 3.05) is 11.9 Å². The fraction of sp³-hybridized carbons (Fsp3) is 0.267. The third-order valence-corrected chi connectivity index (χ3v) is 3.20. The Morgan fingerprint density at radius 1 is 1.43 bits per heavy atom. The lowest BCUT2D eigenvalue weighted by Gasteiger charge is -2.26. The van der Waals surface area contributed by atoms with E-state index in [1.807, 2.05) is 31.2 Å². The summed E-state index contributed by atoms with van der Waals surface area (Å²) in [5.74, 6) is 1.22. The van der Waals surface area contributed by atoms with Crippen molar-refractivity contribution in [3.63, 3.8) is 0 Å². The molecule has 2 aromatic rings. The second-order valence-electron chi connectivity index (χ2n) is 4.80. The Morgan fingerprint density at radius 3 is 3.14 bits per heavy atom. The summed E-state index contributed by atoms with van der Waals surface area (Å²) in [6.45, 7) is 2.63. The number of nitrogens with one attached hydrogen (secondary N) is 2. The van der Waals surface area contributed by atoms with E-state index in [1.54, 1.807) is 12.3 Å². The van der Waals surface area contributed by atoms with Crippen molar-refractivity contribution in [3.05, 3.63) is 48.0 Å². The number of ether oxygens (including phenoxy) is 1. The second kappa shape index (κ2) is 5.78. The molecule has 1 atom stereocenters. The van der Waals surface area contributed by atoms with Gasteiger partial charge < -0.3 is 15.4 Å². The molecule has 0 saturated carbocycles. The number of aryl methyl sites for hydroxylation is 1. The zero-order valence-corrected chi connectivity index (χ0v) is 11.7. The van der Waals surface area contributed by atoms with E-state index in [4.69, 9.17) is 4.74 Å². The number of fused-ring (bicyclic) bond motifs is 1. The number of para-hydroxylation sites is 2. The van der Waals surface area contributed by atoms with Gasteiger partial charge >= 0.3 is 0 Å². The Hall–Kier alpha value is -2.63. The Bertz CT molecular complexity index is 660. The number of aromatic nitrogens is 2. The minimum Gasteiger partial charge on any atom is -0.477 e. The fourth-order valence-electron chi connectivity index (χ4n) is 2.15. The number of rotatable bonds is 3. The second-order valence-corrected chi connectivity index (χ2v) is 4.80. The maximum atomic E-state index is 12.1. The molecular weight excluding hydrogens is 268 g/mol. The van der Waals surface area contributed by atoms with Gasteiger partial charge in [0.05, 0.1) is 24.5 Å². The average Bonchev–Trinajstić information content (AvgIpc) is 2.52. The van der Waals surface area contributed by atoms with Gasteiger partial charge in [-0.05, 0) is 25.1 Å². The molecule has 0 fully saturated rings. The quantitative estimate of drug-likeness (QED) is 0.888. The first-order valence-corrected chi connectivity index (χ1v) is 6.78. The Kier molecular flexibility index (Phi) is 3.68. The molecule has 6 heteroatoms. The zero-order valence-electron chi connectivity index (χ0n) is 11.7. The van der Waals surface area contributed by atoms with Crippen LogP contribution in [0.15, 0.2) is 36.5 Å². The van der Waals surface area contributed by atoms with E-state index in [9.17, 15) is 4.79 Å². The highest BCUT2D eigenvalue weighted by molar-refractivity contribution is 5.83. The predicted molar refractivity (Wildman–Crippen MR) is 78.0 cm³/mol. The largest absolute Gasteiger partial charge is 0.477 e. The SMILES string of the molecule is Cc1nccc(CNC(=O)C2CNc3ccccc3O2)n1. The Labute approximate surface area is 122 Å². The molecule has 1 aromatic carbocycles. The van der Waals surface area contributed by atoms with E-state index in [2.05, 4.69) is 20.6 Å². The average molecular weight is 284 g/mol. The van der Waals surface area contributed by atoms with Gasteiger partial charge in [0.15, 0.2) is 6.10 Å². The monoisotopic (exact) mass is 284 g/mol. The first-order chi connectivity index (χ1) is 10.2. The number of hydrogen-bond acceptors (Lipinski definition) is 5. The molecule has 1 unspecified atom stereocenters. The normalized spacial score (nSPS) is 16.3. The number of amides is 1. The maximum Gasteiger partial charge on any atom is 0.263 e. The molecule has 1 aliphatic heterocycles. The molecule has 0 aliphatic carbocycles. The van der Waals surface area contributed by atoms with Crippen molar-refractivity contribution in [1.29, 1.82) is 0 Å². The van der Waals surface area contributed by atoms with Gasteiger partial charge in [0.25, 0.3) is 5.91 Å². The number of benzene rings is 1. The van der Waals surface area contributed by atoms with Crippen molar-refractivity contribution in [3.8, 4) is 5.75 Å². The summed E-state index contributed by atoms with van der Waals surface area (Å²) in [6.07, 6.45) is 1.14. The van der Waals surface area contributed by atoms with Gasteiger partial charge in [0.1, 0.15) is 11.6 Å². The van der Waals surface area contributed by atoms with Crippen LogP contribution >= 0.6 is 0 Å². The molecule has 1 aliphatic rings. The molecule has 2 N–H and O–H groups in total. The van der Waals surface area contributed by atoms with Crippen LogP contribution in [0.3, 0.4) is 0 Å². The van der Waals surface area contributed by atoms with Gasteiger partial charge in [-0.3, -0.25) is 4.79 Å². The van der Waals surface area contributed by atoms with Crippen LogP contribution < -0.4 is 15.4 Å². The predicted octanol–water partition coefficient (Wildman–Crippen LogP) is 1.27. The van der Waals surface area contributed by atoms with Crippen LogP contribution in [0.4, 0.5) is 5.69 Å². The van der Waals surface area contributed by atoms with Crippen molar-refractivity contribution < 1.29 is 9.53 Å². The van der Waals surface area contributed by atoms with Crippen LogP contribution in [0.1, 0.15) is 11.5 Å². The highest BCUT2D eigenvalue weighted by Crippen LogP contribution is 2.28. The van der Waals surface area contributed by atoms with Gasteiger partial charge in [-0.15, -0.1) is 0 Å². The van der Waals surface area contributed by atoms with Gasteiger partial charge in [-0.25, -0.2) is 9.97 Å². The van der Waals surface area contributed by atoms with Crippen LogP contribution in [0.5, 0.6) is 5.75 Å². The van der Waals surface area contributed by atoms with Gasteiger partial charge in [-0.2, -0.15) is 0 Å². The van der Waals surface area contributed by atoms with Crippen LogP contribution in [0, 0.1) is 6.92 Å². The lowest BCUT2D eigenvalue weighted by Crippen LogP contribution is -2.44. The summed E-state index contributed by atoms with van der Waals surface area (Å²) >= 11 is 0. The molecule has 3 rings (SSSR count). The van der Waals surface area contributed by atoms with Crippen molar-refractivity contribution in [1.82, 2.24) is 15.3 Å². The van der Waals surface area contributed by atoms with Gasteiger partial charge in [0.2, 0.25) is 0 Å². The van der Waals surface area contributed by atoms with E-state index in [-0.39, 0.29) is 5.91 Å². The third-order valence-electron chi connectivity index (χ3n) is 3.20. The summed E-state index contributed by atoms with van der Waals surface area (Å²) in [6, 6.07) is 9.35. The van der Waals surface area contributed by atoms with Crippen molar-refractivity contribution in [2.24, 2.45) is 0 Å². The van der Waals surface area contributed by atoms with Gasteiger partial charge in [0, 0.05) is 6.20 Å². The molecule has 2 heterocycles. The molecule has 0 spiro atoms. The smallest absolute Gasteiger partial charge is 0.263 e. The van der Waals surface area contributed by atoms with Crippen molar-refractivity contribution in [2.45, 2.75) is 19.6 Å². The Balaban J connectivity index is 1.59. The third kappa shape index (κ3) is 3.10. The summed E-state index contributed by atoms with van der Waals surface area (Å²) in [4.78, 5) is 20.4. The summed E-state index contributed by atoms with van der Waals surface area (Å²) < 4.78 is 5.70. The number of carbonyl (C=O) groups is 1. The summed E-state index contributed by atoms with van der Waals surface area (Å²) in [7, 11) is 0. The molecule has 21 heavy (non-hydrogen) atoms. The van der Waals surface area contributed by atoms with Crippen LogP contribution in [0.2, 0.25) is 0 Å².